The lowest BCUT2D eigenvalue weighted by atomic mass is 9.41. The van der Waals surface area contributed by atoms with Crippen LogP contribution in [0.1, 0.15) is 16.2 Å². The number of fused-ring (bicyclic) bond motifs is 1. The van der Waals surface area contributed by atoms with Crippen LogP contribution in [0.2, 0.25) is 0 Å². The topological polar surface area (TPSA) is 109 Å². The average molecular weight is 401 g/mol. The zero-order valence-electron chi connectivity index (χ0n) is 16.1. The number of carbonyl (C=O) groups excluding carboxylic acids is 1. The van der Waals surface area contributed by atoms with Crippen molar-refractivity contribution in [3.8, 4) is 17.2 Å². The van der Waals surface area contributed by atoms with E-state index in [1.807, 2.05) is 11.4 Å². The molecule has 0 aliphatic heterocycles. The lowest BCUT2D eigenvalue weighted by molar-refractivity contribution is -0.138. The van der Waals surface area contributed by atoms with Crippen molar-refractivity contribution in [2.24, 2.45) is 0 Å². The van der Waals surface area contributed by atoms with E-state index in [1.165, 1.54) is 18.2 Å². The van der Waals surface area contributed by atoms with Crippen LogP contribution < -0.4 is 10.1 Å². The van der Waals surface area contributed by atoms with Gasteiger partial charge in [0, 0.05) is 16.5 Å². The maximum Gasteiger partial charge on any atom is 0.310 e. The third-order valence-corrected chi connectivity index (χ3v) is 4.23. The number of nitrogens with zero attached hydrogens (tertiary/aromatic N) is 1. The van der Waals surface area contributed by atoms with E-state index in [4.69, 9.17) is 49.1 Å². The summed E-state index contributed by atoms with van der Waals surface area (Å²) in [6, 6.07) is 13.3. The quantitative estimate of drug-likeness (QED) is 0.508. The zero-order valence-corrected chi connectivity index (χ0v) is 16.1. The largest absolute Gasteiger partial charge is 0.505 e. The van der Waals surface area contributed by atoms with E-state index >= 15 is 0 Å². The fourth-order valence-corrected chi connectivity index (χ4v) is 2.76. The number of aromatic nitrogens is 1. The molecule has 3 aromatic rings. The van der Waals surface area contributed by atoms with Gasteiger partial charge >= 0.3 is 5.97 Å². The molecule has 12 heteroatoms. The molecule has 3 rings (SSSR count). The maximum atomic E-state index is 12.5. The number of hydrogen-bond acceptors (Lipinski definition) is 5. The number of carboxylic acids is 1. The van der Waals surface area contributed by atoms with E-state index in [0.29, 0.717) is 11.5 Å². The van der Waals surface area contributed by atoms with Crippen molar-refractivity contribution < 1.29 is 24.5 Å². The summed E-state index contributed by atoms with van der Waals surface area (Å²) in [6.45, 7) is 0. The molecule has 142 valence electrons. The molecule has 1 amide bonds. The van der Waals surface area contributed by atoms with E-state index in [0.717, 1.165) is 0 Å². The van der Waals surface area contributed by atoms with Crippen molar-refractivity contribution in [3.05, 3.63) is 59.9 Å². The van der Waals surface area contributed by atoms with Crippen LogP contribution >= 0.6 is 0 Å². The molecular formula is C19H11B5N2O5. The summed E-state index contributed by atoms with van der Waals surface area (Å²) in [4.78, 5) is 27.6. The van der Waals surface area contributed by atoms with E-state index < -0.39 is 33.8 Å². The van der Waals surface area contributed by atoms with Crippen molar-refractivity contribution in [1.29, 1.82) is 0 Å². The van der Waals surface area contributed by atoms with Gasteiger partial charge in [0.05, 0.1) is 28.9 Å². The molecular weight excluding hydrogens is 390 g/mol. The molecule has 0 aliphatic rings. The predicted molar refractivity (Wildman–Crippen MR) is 118 cm³/mol. The number of carboxylic acid groups (broad SMARTS) is 1. The number of nitrogens with one attached hydrogen (secondary N) is 1. The van der Waals surface area contributed by atoms with E-state index in [1.54, 1.807) is 24.3 Å². The van der Waals surface area contributed by atoms with Crippen molar-refractivity contribution in [3.63, 3.8) is 0 Å². The number of ether oxygens (including phenoxy) is 1. The first-order valence-corrected chi connectivity index (χ1v) is 8.80. The summed E-state index contributed by atoms with van der Waals surface area (Å²) in [5.74, 6) is -2.58. The Bertz CT molecular complexity index is 1170. The lowest BCUT2D eigenvalue weighted by Gasteiger charge is -2.25. The molecule has 7 nitrogen and oxygen atoms in total. The van der Waals surface area contributed by atoms with Gasteiger partial charge in [-0.3, -0.25) is 9.59 Å². The first-order chi connectivity index (χ1) is 14.4. The Kier molecular flexibility index (Phi) is 5.85. The summed E-state index contributed by atoms with van der Waals surface area (Å²) in [5, 5.41) is 17.1. The Balaban J connectivity index is 2.13. The minimum atomic E-state index is -2.61. The molecule has 0 saturated carbocycles. The molecule has 0 bridgehead atoms. The van der Waals surface area contributed by atoms with Gasteiger partial charge in [0.2, 0.25) is 0 Å². The highest BCUT2D eigenvalue weighted by Crippen LogP contribution is 2.36. The highest BCUT2D eigenvalue weighted by atomic mass is 16.5. The molecule has 1 heterocycles. The monoisotopic (exact) mass is 402 g/mol. The van der Waals surface area contributed by atoms with E-state index in [2.05, 4.69) is 4.98 Å². The van der Waals surface area contributed by atoms with Gasteiger partial charge in [0.25, 0.3) is 5.91 Å². The number of benzene rings is 2. The standard InChI is InChI=1S/C19H11B5N2O5/c20-18(21,22)15-12-8-10(31-9-4-2-1-3-5-9)6-7-11(12)14(27)13(25-15)16(28)26-19(23,24)17(29)30/h1-8,27H,(H,26,28)(H,29,30). The fourth-order valence-electron chi connectivity index (χ4n) is 2.76. The molecule has 0 spiro atoms. The van der Waals surface area contributed by atoms with Crippen molar-refractivity contribution in [2.75, 3.05) is 0 Å². The highest BCUT2D eigenvalue weighted by Gasteiger charge is 2.31. The molecule has 0 atom stereocenters. The van der Waals surface area contributed by atoms with Gasteiger partial charge in [0.15, 0.2) is 11.4 Å². The summed E-state index contributed by atoms with van der Waals surface area (Å²) in [5.41, 5.74) is -0.787. The fraction of sp³-hybridized carbons (Fsp3) is 0.105. The summed E-state index contributed by atoms with van der Waals surface area (Å²) < 4.78 is 5.75. The summed E-state index contributed by atoms with van der Waals surface area (Å²) in [6.07, 6.45) is 0. The first-order valence-electron chi connectivity index (χ1n) is 8.80. The van der Waals surface area contributed by atoms with Crippen molar-refractivity contribution >= 4 is 61.9 Å². The van der Waals surface area contributed by atoms with Gasteiger partial charge in [-0.2, -0.15) is 0 Å². The van der Waals surface area contributed by atoms with Gasteiger partial charge in [-0.05, 0) is 30.3 Å². The van der Waals surface area contributed by atoms with Gasteiger partial charge in [0.1, 0.15) is 27.2 Å². The number of pyridine rings is 1. The molecule has 0 saturated heterocycles. The zero-order chi connectivity index (χ0) is 23.0. The van der Waals surface area contributed by atoms with Crippen LogP contribution in [0.15, 0.2) is 48.5 Å². The summed E-state index contributed by atoms with van der Waals surface area (Å²) in [7, 11) is 28.1. The Morgan fingerprint density at radius 1 is 0.935 bits per heavy atom. The second kappa shape index (κ2) is 8.09. The minimum absolute atomic E-state index is 0.108. The van der Waals surface area contributed by atoms with Gasteiger partial charge in [-0.15, -0.1) is 0 Å². The normalized spacial score (nSPS) is 11.7. The summed E-state index contributed by atoms with van der Waals surface area (Å²) >= 11 is 0. The molecule has 10 radical (unpaired) electrons. The third-order valence-electron chi connectivity index (χ3n) is 4.23. The number of hydrogen-bond donors (Lipinski definition) is 3. The molecule has 2 aromatic carbocycles. The molecule has 0 fully saturated rings. The van der Waals surface area contributed by atoms with Crippen LogP contribution in [0.25, 0.3) is 10.8 Å². The van der Waals surface area contributed by atoms with Crippen LogP contribution in [0, 0.1) is 0 Å². The van der Waals surface area contributed by atoms with Gasteiger partial charge in [-0.25, -0.2) is 4.98 Å². The maximum absolute atomic E-state index is 12.5. The number of rotatable bonds is 6. The predicted octanol–water partition coefficient (Wildman–Crippen LogP) is 0.154. The van der Waals surface area contributed by atoms with Crippen molar-refractivity contribution in [1.82, 2.24) is 10.3 Å². The molecule has 31 heavy (non-hydrogen) atoms. The molecule has 0 unspecified atom stereocenters. The smallest absolute Gasteiger partial charge is 0.310 e. The minimum Gasteiger partial charge on any atom is -0.505 e. The second-order valence-corrected chi connectivity index (χ2v) is 6.84. The Labute approximate surface area is 184 Å². The van der Waals surface area contributed by atoms with E-state index in [9.17, 15) is 14.7 Å². The number of aromatic hydroxyl groups is 1. The molecule has 3 N–H and O–H groups in total. The average Bonchev–Trinajstić information content (AvgIpc) is 2.67. The number of para-hydroxylation sites is 1. The molecule has 0 aliphatic carbocycles. The SMILES string of the molecule is [B]C([B])(NC(=O)c1nc(C([B])([B])[B])c2cc(Oc3ccccc3)ccc2c1O)C(=O)O. The second-order valence-electron chi connectivity index (χ2n) is 6.84. The van der Waals surface area contributed by atoms with Crippen LogP contribution in [0.3, 0.4) is 0 Å². The Morgan fingerprint density at radius 2 is 1.58 bits per heavy atom. The highest BCUT2D eigenvalue weighted by molar-refractivity contribution is 6.59. The molecule has 1 aromatic heterocycles. The van der Waals surface area contributed by atoms with Crippen LogP contribution in [-0.4, -0.2) is 71.6 Å². The first kappa shape index (κ1) is 22.4. The van der Waals surface area contributed by atoms with E-state index in [-0.39, 0.29) is 16.5 Å². The number of aliphatic carboxylic acids is 1. The Hall–Kier alpha value is -3.29. The third kappa shape index (κ3) is 4.73. The number of amides is 1. The van der Waals surface area contributed by atoms with Crippen LogP contribution in [0.4, 0.5) is 0 Å². The van der Waals surface area contributed by atoms with Crippen LogP contribution in [-0.2, 0) is 9.91 Å². The van der Waals surface area contributed by atoms with Gasteiger partial charge in [-0.1, -0.05) is 23.3 Å². The van der Waals surface area contributed by atoms with Crippen LogP contribution in [0.5, 0.6) is 17.2 Å². The lowest BCUT2D eigenvalue weighted by Crippen LogP contribution is -2.56. The van der Waals surface area contributed by atoms with Gasteiger partial charge < -0.3 is 20.3 Å². The van der Waals surface area contributed by atoms with Crippen molar-refractivity contribution in [2.45, 2.75) is 10.5 Å². The number of carbonyl (C=O) groups is 2. The Morgan fingerprint density at radius 3 is 2.16 bits per heavy atom.